The van der Waals surface area contributed by atoms with E-state index in [1.54, 1.807) is 6.07 Å². The largest absolute Gasteiger partial charge is 0.477 e. The quantitative estimate of drug-likeness (QED) is 0.466. The zero-order chi connectivity index (χ0) is 23.9. The summed E-state index contributed by atoms with van der Waals surface area (Å²) in [5.74, 6) is -1.61. The number of ether oxygens (including phenoxy) is 5. The maximum Gasteiger partial charge on any atom is 0.346 e. The minimum atomic E-state index is -1.27. The first-order chi connectivity index (χ1) is 16.6. The summed E-state index contributed by atoms with van der Waals surface area (Å²) in [6.07, 6.45) is -1.12. The smallest absolute Gasteiger partial charge is 0.346 e. The predicted molar refractivity (Wildman–Crippen MR) is 120 cm³/mol. The van der Waals surface area contributed by atoms with Crippen molar-refractivity contribution in [3.05, 3.63) is 83.4 Å². The molecule has 6 atom stereocenters. The molecule has 2 heterocycles. The van der Waals surface area contributed by atoms with Crippen LogP contribution >= 0.6 is 0 Å². The second kappa shape index (κ2) is 11.4. The monoisotopic (exact) mass is 465 g/mol. The van der Waals surface area contributed by atoms with Crippen LogP contribution in [0.1, 0.15) is 23.8 Å². The van der Waals surface area contributed by atoms with Crippen LogP contribution in [0.2, 0.25) is 0 Å². The number of carbonyl (C=O) groups is 1. The zero-order valence-corrected chi connectivity index (χ0v) is 18.8. The number of hydrogen-bond donors (Lipinski definition) is 1. The molecule has 0 aromatic heterocycles. The van der Waals surface area contributed by atoms with E-state index in [1.165, 1.54) is 13.2 Å². The van der Waals surface area contributed by atoms with Gasteiger partial charge in [-0.2, -0.15) is 5.26 Å². The Bertz CT molecular complexity index is 1010. The van der Waals surface area contributed by atoms with E-state index in [0.717, 1.165) is 11.1 Å². The Morgan fingerprint density at radius 2 is 1.85 bits per heavy atom. The van der Waals surface area contributed by atoms with Gasteiger partial charge >= 0.3 is 5.97 Å². The number of carboxylic acids is 1. The molecule has 178 valence electrons. The van der Waals surface area contributed by atoms with Crippen molar-refractivity contribution >= 4 is 5.97 Å². The fourth-order valence-electron chi connectivity index (χ4n) is 4.32. The van der Waals surface area contributed by atoms with Crippen molar-refractivity contribution in [1.29, 1.82) is 5.26 Å². The topological polar surface area (TPSA) is 107 Å². The lowest BCUT2D eigenvalue weighted by molar-refractivity contribution is -0.355. The van der Waals surface area contributed by atoms with Crippen LogP contribution in [0.25, 0.3) is 0 Å². The molecule has 2 saturated heterocycles. The summed E-state index contributed by atoms with van der Waals surface area (Å²) in [6.45, 7) is 0.592. The lowest BCUT2D eigenvalue weighted by atomic mass is 9.84. The van der Waals surface area contributed by atoms with Crippen molar-refractivity contribution in [2.24, 2.45) is 5.92 Å². The fraction of sp³-hybridized carbons (Fsp3) is 0.385. The molecule has 2 aliphatic heterocycles. The maximum absolute atomic E-state index is 11.4. The van der Waals surface area contributed by atoms with Crippen LogP contribution in [0.3, 0.4) is 0 Å². The van der Waals surface area contributed by atoms with Gasteiger partial charge in [0.05, 0.1) is 19.3 Å². The van der Waals surface area contributed by atoms with Crippen LogP contribution < -0.4 is 0 Å². The van der Waals surface area contributed by atoms with Crippen molar-refractivity contribution in [3.8, 4) is 6.07 Å². The highest BCUT2D eigenvalue weighted by atomic mass is 16.7. The molecule has 2 aromatic carbocycles. The molecule has 0 saturated carbocycles. The minimum absolute atomic E-state index is 0.237. The van der Waals surface area contributed by atoms with Gasteiger partial charge in [-0.3, -0.25) is 0 Å². The van der Waals surface area contributed by atoms with Crippen LogP contribution in [0, 0.1) is 17.2 Å². The van der Waals surface area contributed by atoms with Crippen molar-refractivity contribution in [2.45, 2.75) is 43.9 Å². The highest BCUT2D eigenvalue weighted by Gasteiger charge is 2.50. The molecule has 1 unspecified atom stereocenters. The van der Waals surface area contributed by atoms with Gasteiger partial charge in [0.1, 0.15) is 23.9 Å². The molecular formula is C26H27NO7. The lowest BCUT2D eigenvalue weighted by Gasteiger charge is -2.49. The first kappa shape index (κ1) is 24.1. The van der Waals surface area contributed by atoms with Gasteiger partial charge in [0.2, 0.25) is 0 Å². The molecule has 2 aromatic rings. The van der Waals surface area contributed by atoms with Crippen LogP contribution in [0.4, 0.5) is 0 Å². The van der Waals surface area contributed by atoms with Gasteiger partial charge in [-0.05, 0) is 12.0 Å². The summed E-state index contributed by atoms with van der Waals surface area (Å²) in [5, 5.41) is 18.6. The SMILES string of the molecule is CO[C@H]1O[C@@H]2COC(c3ccccc3)O[C@H]2[C@H](CC=C(C#N)C(=O)O)[C@@H]1OCc1ccccc1. The Balaban J connectivity index is 1.61. The van der Waals surface area contributed by atoms with Crippen LogP contribution in [0.5, 0.6) is 0 Å². The molecule has 8 nitrogen and oxygen atoms in total. The fourth-order valence-corrected chi connectivity index (χ4v) is 4.32. The third kappa shape index (κ3) is 5.53. The third-order valence-electron chi connectivity index (χ3n) is 6.01. The lowest BCUT2D eigenvalue weighted by Crippen LogP contribution is -2.59. The number of nitriles is 1. The average Bonchev–Trinajstić information content (AvgIpc) is 2.88. The van der Waals surface area contributed by atoms with Gasteiger partial charge in [-0.1, -0.05) is 66.7 Å². The number of carboxylic acid groups (broad SMARTS) is 1. The van der Waals surface area contributed by atoms with Crippen molar-refractivity contribution in [2.75, 3.05) is 13.7 Å². The molecule has 0 spiro atoms. The number of methoxy groups -OCH3 is 1. The summed E-state index contributed by atoms with van der Waals surface area (Å²) >= 11 is 0. The summed E-state index contributed by atoms with van der Waals surface area (Å²) in [5.41, 5.74) is 1.52. The highest BCUT2D eigenvalue weighted by molar-refractivity contribution is 5.90. The molecule has 4 rings (SSSR count). The second-order valence-corrected chi connectivity index (χ2v) is 8.15. The summed E-state index contributed by atoms with van der Waals surface area (Å²) < 4.78 is 30.3. The normalized spacial score (nSPS) is 29.1. The summed E-state index contributed by atoms with van der Waals surface area (Å²) in [4.78, 5) is 11.4. The van der Waals surface area contributed by atoms with Gasteiger partial charge in [-0.15, -0.1) is 0 Å². The number of hydrogen-bond acceptors (Lipinski definition) is 7. The van der Waals surface area contributed by atoms with Gasteiger partial charge < -0.3 is 28.8 Å². The Hall–Kier alpha value is -3.06. The summed E-state index contributed by atoms with van der Waals surface area (Å²) in [7, 11) is 1.53. The number of nitrogens with zero attached hydrogens (tertiary/aromatic N) is 1. The molecule has 0 amide bonds. The average molecular weight is 466 g/mol. The molecule has 2 aliphatic rings. The number of benzene rings is 2. The standard InChI is InChI=1S/C26H27NO7/c1-30-26-23(31-15-17-8-4-2-5-9-17)20(13-12-19(14-27)24(28)29)22-21(33-26)16-32-25(34-22)18-10-6-3-7-11-18/h2-12,20-23,25-26H,13,15-16H2,1H3,(H,28,29)/t20-,21+,22-,23-,25?,26-/m0/s1. The Labute approximate surface area is 198 Å². The number of rotatable bonds is 8. The van der Waals surface area contributed by atoms with E-state index in [4.69, 9.17) is 23.7 Å². The van der Waals surface area contributed by atoms with Gasteiger partial charge in [0.15, 0.2) is 12.6 Å². The molecule has 1 N–H and O–H groups in total. The first-order valence-corrected chi connectivity index (χ1v) is 11.1. The van der Waals surface area contributed by atoms with E-state index >= 15 is 0 Å². The molecular weight excluding hydrogens is 438 g/mol. The second-order valence-electron chi connectivity index (χ2n) is 8.15. The number of allylic oxidation sites excluding steroid dienone is 1. The Morgan fingerprint density at radius 1 is 1.15 bits per heavy atom. The van der Waals surface area contributed by atoms with Crippen LogP contribution in [-0.2, 0) is 35.1 Å². The molecule has 34 heavy (non-hydrogen) atoms. The first-order valence-electron chi connectivity index (χ1n) is 11.1. The minimum Gasteiger partial charge on any atom is -0.477 e. The van der Waals surface area contributed by atoms with Crippen molar-refractivity contribution in [3.63, 3.8) is 0 Å². The Kier molecular flexibility index (Phi) is 8.06. The van der Waals surface area contributed by atoms with E-state index < -0.39 is 36.9 Å². The molecule has 8 heteroatoms. The molecule has 2 fully saturated rings. The number of aliphatic carboxylic acids is 1. The summed E-state index contributed by atoms with van der Waals surface area (Å²) in [6, 6.07) is 21.0. The van der Waals surface area contributed by atoms with Crippen LogP contribution in [-0.4, -0.2) is 49.4 Å². The maximum atomic E-state index is 11.4. The van der Waals surface area contributed by atoms with Gasteiger partial charge in [-0.25, -0.2) is 4.79 Å². The van der Waals surface area contributed by atoms with E-state index in [0.29, 0.717) is 6.61 Å². The third-order valence-corrected chi connectivity index (χ3v) is 6.01. The highest BCUT2D eigenvalue weighted by Crippen LogP contribution is 2.40. The van der Waals surface area contributed by atoms with E-state index in [1.807, 2.05) is 60.7 Å². The van der Waals surface area contributed by atoms with Gasteiger partial charge in [0, 0.05) is 18.6 Å². The molecule has 0 aliphatic carbocycles. The van der Waals surface area contributed by atoms with Crippen molar-refractivity contribution in [1.82, 2.24) is 0 Å². The zero-order valence-electron chi connectivity index (χ0n) is 18.8. The Morgan fingerprint density at radius 3 is 2.50 bits per heavy atom. The van der Waals surface area contributed by atoms with Crippen LogP contribution in [0.15, 0.2) is 72.3 Å². The number of fused-ring (bicyclic) bond motifs is 1. The van der Waals surface area contributed by atoms with E-state index in [-0.39, 0.29) is 24.5 Å². The van der Waals surface area contributed by atoms with Gasteiger partial charge in [0.25, 0.3) is 0 Å². The van der Waals surface area contributed by atoms with E-state index in [9.17, 15) is 15.2 Å². The molecule has 0 radical (unpaired) electrons. The van der Waals surface area contributed by atoms with E-state index in [2.05, 4.69) is 0 Å². The molecule has 0 bridgehead atoms. The van der Waals surface area contributed by atoms with Crippen molar-refractivity contribution < 1.29 is 33.6 Å². The predicted octanol–water partition coefficient (Wildman–Crippen LogP) is 3.60.